The van der Waals surface area contributed by atoms with Crippen LogP contribution in [-0.2, 0) is 17.8 Å². The molecule has 0 aromatic carbocycles. The molecule has 5 heteroatoms. The zero-order chi connectivity index (χ0) is 12.7. The van der Waals surface area contributed by atoms with Gasteiger partial charge in [-0.2, -0.15) is 0 Å². The maximum Gasteiger partial charge on any atom is 0.236 e. The summed E-state index contributed by atoms with van der Waals surface area (Å²) >= 11 is 0. The van der Waals surface area contributed by atoms with Gasteiger partial charge in [0.05, 0.1) is 19.3 Å². The molecular formula is C12H21N3O2. The number of aryl methyl sites for hydroxylation is 1. The van der Waals surface area contributed by atoms with Crippen molar-refractivity contribution in [1.29, 1.82) is 0 Å². The average Bonchev–Trinajstić information content (AvgIpc) is 2.78. The van der Waals surface area contributed by atoms with Gasteiger partial charge in [-0.3, -0.25) is 10.1 Å². The number of carbonyl (C=O) groups excluding carboxylic acids is 1. The van der Waals surface area contributed by atoms with Gasteiger partial charge in [0.15, 0.2) is 0 Å². The number of hydrogen-bond acceptors (Lipinski definition) is 4. The maximum absolute atomic E-state index is 11.7. The molecule has 0 aliphatic heterocycles. The SMILES string of the molecule is CCc1cnc(CNCC(=O)N(CC)CC)o1. The molecule has 1 amide bonds. The van der Waals surface area contributed by atoms with E-state index in [1.54, 1.807) is 11.1 Å². The number of amides is 1. The second-order valence-corrected chi connectivity index (χ2v) is 3.74. The van der Waals surface area contributed by atoms with Crippen molar-refractivity contribution in [2.45, 2.75) is 33.7 Å². The Kier molecular flexibility index (Phi) is 5.69. The second kappa shape index (κ2) is 7.06. The van der Waals surface area contributed by atoms with E-state index in [-0.39, 0.29) is 5.91 Å². The predicted octanol–water partition coefficient (Wildman–Crippen LogP) is 1.19. The lowest BCUT2D eigenvalue weighted by atomic mass is 10.4. The van der Waals surface area contributed by atoms with Gasteiger partial charge < -0.3 is 9.32 Å². The third kappa shape index (κ3) is 4.19. The first-order valence-corrected chi connectivity index (χ1v) is 6.13. The smallest absolute Gasteiger partial charge is 0.236 e. The highest BCUT2D eigenvalue weighted by Gasteiger charge is 2.09. The Bertz CT molecular complexity index is 345. The van der Waals surface area contributed by atoms with Crippen LogP contribution < -0.4 is 5.32 Å². The van der Waals surface area contributed by atoms with Gasteiger partial charge in [0.2, 0.25) is 11.8 Å². The number of nitrogens with zero attached hydrogens (tertiary/aromatic N) is 2. The van der Waals surface area contributed by atoms with Crippen LogP contribution in [0.3, 0.4) is 0 Å². The predicted molar refractivity (Wildman–Crippen MR) is 65.5 cm³/mol. The number of aromatic nitrogens is 1. The summed E-state index contributed by atoms with van der Waals surface area (Å²) in [4.78, 5) is 17.6. The van der Waals surface area contributed by atoms with Gasteiger partial charge in [0, 0.05) is 19.5 Å². The highest BCUT2D eigenvalue weighted by Crippen LogP contribution is 2.03. The Morgan fingerprint density at radius 3 is 2.65 bits per heavy atom. The van der Waals surface area contributed by atoms with Gasteiger partial charge >= 0.3 is 0 Å². The van der Waals surface area contributed by atoms with E-state index in [0.29, 0.717) is 19.0 Å². The van der Waals surface area contributed by atoms with E-state index in [9.17, 15) is 4.79 Å². The van der Waals surface area contributed by atoms with E-state index < -0.39 is 0 Å². The number of oxazole rings is 1. The first-order chi connectivity index (χ1) is 8.21. The van der Waals surface area contributed by atoms with E-state index in [4.69, 9.17) is 4.42 Å². The molecule has 0 saturated heterocycles. The molecule has 0 saturated carbocycles. The summed E-state index contributed by atoms with van der Waals surface area (Å²) in [5.41, 5.74) is 0. The molecule has 0 radical (unpaired) electrons. The van der Waals surface area contributed by atoms with Crippen LogP contribution in [0.15, 0.2) is 10.6 Å². The average molecular weight is 239 g/mol. The second-order valence-electron chi connectivity index (χ2n) is 3.74. The van der Waals surface area contributed by atoms with Gasteiger partial charge in [-0.15, -0.1) is 0 Å². The molecule has 0 fully saturated rings. The largest absolute Gasteiger partial charge is 0.444 e. The van der Waals surface area contributed by atoms with Crippen molar-refractivity contribution in [2.24, 2.45) is 0 Å². The number of likely N-dealkylation sites (N-methyl/N-ethyl adjacent to an activating group) is 1. The molecular weight excluding hydrogens is 218 g/mol. The van der Waals surface area contributed by atoms with Gasteiger partial charge in [-0.1, -0.05) is 6.92 Å². The number of nitrogens with one attached hydrogen (secondary N) is 1. The summed E-state index contributed by atoms with van der Waals surface area (Å²) in [6.45, 7) is 8.28. The quantitative estimate of drug-likeness (QED) is 0.776. The fourth-order valence-corrected chi connectivity index (χ4v) is 1.56. The lowest BCUT2D eigenvalue weighted by Crippen LogP contribution is -2.37. The van der Waals surface area contributed by atoms with Crippen molar-refractivity contribution in [3.63, 3.8) is 0 Å². The van der Waals surface area contributed by atoms with Crippen molar-refractivity contribution in [3.8, 4) is 0 Å². The topological polar surface area (TPSA) is 58.4 Å². The summed E-state index contributed by atoms with van der Waals surface area (Å²) in [6, 6.07) is 0. The van der Waals surface area contributed by atoms with Crippen LogP contribution in [0.1, 0.15) is 32.4 Å². The first kappa shape index (κ1) is 13.7. The van der Waals surface area contributed by atoms with Crippen molar-refractivity contribution in [3.05, 3.63) is 17.8 Å². The Morgan fingerprint density at radius 2 is 2.12 bits per heavy atom. The number of rotatable bonds is 7. The molecule has 0 aliphatic carbocycles. The van der Waals surface area contributed by atoms with Gasteiger partial charge in [-0.25, -0.2) is 4.98 Å². The van der Waals surface area contributed by atoms with Crippen molar-refractivity contribution >= 4 is 5.91 Å². The van der Waals surface area contributed by atoms with Crippen molar-refractivity contribution < 1.29 is 9.21 Å². The third-order valence-electron chi connectivity index (χ3n) is 2.62. The third-order valence-corrected chi connectivity index (χ3v) is 2.62. The lowest BCUT2D eigenvalue weighted by Gasteiger charge is -2.18. The van der Waals surface area contributed by atoms with E-state index in [1.165, 1.54) is 0 Å². The monoisotopic (exact) mass is 239 g/mol. The van der Waals surface area contributed by atoms with Crippen LogP contribution >= 0.6 is 0 Å². The fourth-order valence-electron chi connectivity index (χ4n) is 1.56. The van der Waals surface area contributed by atoms with Gasteiger partial charge in [0.25, 0.3) is 0 Å². The Labute approximate surface area is 102 Å². The first-order valence-electron chi connectivity index (χ1n) is 6.13. The van der Waals surface area contributed by atoms with Gasteiger partial charge in [-0.05, 0) is 13.8 Å². The normalized spacial score (nSPS) is 10.5. The molecule has 96 valence electrons. The summed E-state index contributed by atoms with van der Waals surface area (Å²) in [5, 5.41) is 3.04. The molecule has 0 unspecified atom stereocenters. The standard InChI is InChI=1S/C12H21N3O2/c1-4-10-7-14-11(17-10)8-13-9-12(16)15(5-2)6-3/h7,13H,4-6,8-9H2,1-3H3. The summed E-state index contributed by atoms with van der Waals surface area (Å²) in [5.74, 6) is 1.61. The van der Waals surface area contributed by atoms with Crippen LogP contribution in [-0.4, -0.2) is 35.4 Å². The maximum atomic E-state index is 11.7. The van der Waals surface area contributed by atoms with E-state index in [1.807, 2.05) is 20.8 Å². The summed E-state index contributed by atoms with van der Waals surface area (Å²) in [6.07, 6.45) is 2.56. The van der Waals surface area contributed by atoms with Crippen molar-refractivity contribution in [1.82, 2.24) is 15.2 Å². The molecule has 17 heavy (non-hydrogen) atoms. The van der Waals surface area contributed by atoms with Crippen LogP contribution in [0.4, 0.5) is 0 Å². The minimum atomic E-state index is 0.109. The lowest BCUT2D eigenvalue weighted by molar-refractivity contribution is -0.129. The summed E-state index contributed by atoms with van der Waals surface area (Å²) < 4.78 is 5.43. The Balaban J connectivity index is 2.29. The molecule has 0 aliphatic rings. The van der Waals surface area contributed by atoms with E-state index in [0.717, 1.165) is 25.3 Å². The highest BCUT2D eigenvalue weighted by molar-refractivity contribution is 5.78. The molecule has 0 atom stereocenters. The highest BCUT2D eigenvalue weighted by atomic mass is 16.4. The Morgan fingerprint density at radius 1 is 1.41 bits per heavy atom. The molecule has 1 heterocycles. The van der Waals surface area contributed by atoms with E-state index >= 15 is 0 Å². The van der Waals surface area contributed by atoms with Crippen LogP contribution in [0, 0.1) is 0 Å². The molecule has 1 aromatic rings. The minimum Gasteiger partial charge on any atom is -0.444 e. The van der Waals surface area contributed by atoms with Crippen LogP contribution in [0.5, 0.6) is 0 Å². The summed E-state index contributed by atoms with van der Waals surface area (Å²) in [7, 11) is 0. The van der Waals surface area contributed by atoms with Crippen LogP contribution in [0.2, 0.25) is 0 Å². The molecule has 1 N–H and O–H groups in total. The van der Waals surface area contributed by atoms with Gasteiger partial charge in [0.1, 0.15) is 5.76 Å². The number of carbonyl (C=O) groups is 1. The zero-order valence-electron chi connectivity index (χ0n) is 10.8. The van der Waals surface area contributed by atoms with Crippen molar-refractivity contribution in [2.75, 3.05) is 19.6 Å². The Hall–Kier alpha value is -1.36. The molecule has 5 nitrogen and oxygen atoms in total. The molecule has 1 rings (SSSR count). The molecule has 0 spiro atoms. The fraction of sp³-hybridized carbons (Fsp3) is 0.667. The van der Waals surface area contributed by atoms with E-state index in [2.05, 4.69) is 10.3 Å². The van der Waals surface area contributed by atoms with Crippen LogP contribution in [0.25, 0.3) is 0 Å². The number of hydrogen-bond donors (Lipinski definition) is 1. The molecule has 1 aromatic heterocycles. The zero-order valence-corrected chi connectivity index (χ0v) is 10.8. The minimum absolute atomic E-state index is 0.109. The molecule has 0 bridgehead atoms.